The zero-order valence-electron chi connectivity index (χ0n) is 13.7. The maximum atomic E-state index is 10.9. The van der Waals surface area contributed by atoms with E-state index in [4.69, 9.17) is 16.7 Å². The lowest BCUT2D eigenvalue weighted by Crippen LogP contribution is -2.06. The Labute approximate surface area is 153 Å². The largest absolute Gasteiger partial charge is 0.481 e. The van der Waals surface area contributed by atoms with Gasteiger partial charge in [0, 0.05) is 17.7 Å². The van der Waals surface area contributed by atoms with Crippen LogP contribution in [-0.2, 0) is 11.2 Å². The molecule has 0 aliphatic rings. The van der Waals surface area contributed by atoms with Crippen LogP contribution in [0.15, 0.2) is 29.4 Å². The van der Waals surface area contributed by atoms with E-state index in [0.717, 1.165) is 34.4 Å². The molecule has 7 nitrogen and oxygen atoms in total. The number of aromatic amines is 1. The van der Waals surface area contributed by atoms with Crippen molar-refractivity contribution in [2.24, 2.45) is 0 Å². The highest BCUT2D eigenvalue weighted by atomic mass is 35.5. The third-order valence-electron chi connectivity index (χ3n) is 3.73. The molecule has 0 radical (unpaired) electrons. The average molecular weight is 378 g/mol. The topological polar surface area (TPSA) is 96.7 Å². The summed E-state index contributed by atoms with van der Waals surface area (Å²) in [6, 6.07) is 7.34. The lowest BCUT2D eigenvalue weighted by atomic mass is 10.1. The van der Waals surface area contributed by atoms with Gasteiger partial charge in [0.2, 0.25) is 0 Å². The molecule has 2 heterocycles. The Morgan fingerprint density at radius 3 is 2.72 bits per heavy atom. The summed E-state index contributed by atoms with van der Waals surface area (Å²) in [7, 11) is 0. The third-order valence-corrected chi connectivity index (χ3v) is 4.97. The number of benzene rings is 1. The van der Waals surface area contributed by atoms with E-state index >= 15 is 0 Å². The number of aryl methyl sites for hydroxylation is 2. The molecule has 0 atom stereocenters. The number of halogens is 1. The average Bonchev–Trinajstić information content (AvgIpc) is 3.12. The van der Waals surface area contributed by atoms with Gasteiger partial charge in [0.25, 0.3) is 0 Å². The standard InChI is InChI=1S/C16H16ClN5O2S/c1-9-11(10(2)19-18-9)7-14-20-21-16(25-8-15(23)24)22(14)13-6-4-3-5-12(13)17/h3-6H,7-8H2,1-2H3,(H,18,19)(H,23,24). The normalized spacial score (nSPS) is 11.0. The minimum absolute atomic E-state index is 0.105. The van der Waals surface area contributed by atoms with Crippen LogP contribution in [-0.4, -0.2) is 41.8 Å². The molecule has 0 fully saturated rings. The third kappa shape index (κ3) is 3.69. The number of aromatic nitrogens is 5. The van der Waals surface area contributed by atoms with Gasteiger partial charge in [-0.15, -0.1) is 10.2 Å². The number of nitrogens with zero attached hydrogens (tertiary/aromatic N) is 4. The van der Waals surface area contributed by atoms with Gasteiger partial charge in [-0.25, -0.2) is 0 Å². The molecule has 130 valence electrons. The second-order valence-corrected chi connectivity index (χ2v) is 6.81. The number of para-hydroxylation sites is 1. The van der Waals surface area contributed by atoms with Gasteiger partial charge >= 0.3 is 5.97 Å². The second-order valence-electron chi connectivity index (χ2n) is 5.46. The summed E-state index contributed by atoms with van der Waals surface area (Å²) in [5, 5.41) is 25.6. The molecular formula is C16H16ClN5O2S. The van der Waals surface area contributed by atoms with E-state index in [1.54, 1.807) is 6.07 Å². The Morgan fingerprint density at radius 1 is 1.32 bits per heavy atom. The molecule has 2 N–H and O–H groups in total. The van der Waals surface area contributed by atoms with Gasteiger partial charge in [-0.05, 0) is 26.0 Å². The predicted octanol–water partition coefficient (Wildman–Crippen LogP) is 3.03. The minimum Gasteiger partial charge on any atom is -0.481 e. The van der Waals surface area contributed by atoms with Crippen molar-refractivity contribution < 1.29 is 9.90 Å². The number of H-pyrrole nitrogens is 1. The number of carboxylic acid groups (broad SMARTS) is 1. The summed E-state index contributed by atoms with van der Waals surface area (Å²) in [6.07, 6.45) is 0.514. The highest BCUT2D eigenvalue weighted by Gasteiger charge is 2.19. The van der Waals surface area contributed by atoms with Crippen molar-refractivity contribution in [1.82, 2.24) is 25.0 Å². The van der Waals surface area contributed by atoms with Crippen molar-refractivity contribution in [3.8, 4) is 5.69 Å². The molecule has 0 amide bonds. The Hall–Kier alpha value is -2.32. The molecule has 25 heavy (non-hydrogen) atoms. The number of carboxylic acids is 1. The van der Waals surface area contributed by atoms with Crippen molar-refractivity contribution in [1.29, 1.82) is 0 Å². The Kier molecular flexibility index (Phi) is 5.10. The van der Waals surface area contributed by atoms with Crippen LogP contribution in [0, 0.1) is 13.8 Å². The van der Waals surface area contributed by atoms with E-state index in [9.17, 15) is 4.79 Å². The molecule has 0 aliphatic heterocycles. The van der Waals surface area contributed by atoms with Gasteiger partial charge in [0.15, 0.2) is 5.16 Å². The summed E-state index contributed by atoms with van der Waals surface area (Å²) in [6.45, 7) is 3.88. The number of rotatable bonds is 6. The van der Waals surface area contributed by atoms with Crippen molar-refractivity contribution in [2.75, 3.05) is 5.75 Å². The summed E-state index contributed by atoms with van der Waals surface area (Å²) in [5.74, 6) is -0.345. The van der Waals surface area contributed by atoms with E-state index in [2.05, 4.69) is 20.4 Å². The maximum Gasteiger partial charge on any atom is 0.313 e. The van der Waals surface area contributed by atoms with Gasteiger partial charge in [0.05, 0.1) is 22.2 Å². The number of carbonyl (C=O) groups is 1. The first-order valence-corrected chi connectivity index (χ1v) is 8.88. The van der Waals surface area contributed by atoms with Crippen LogP contribution < -0.4 is 0 Å². The van der Waals surface area contributed by atoms with Crippen molar-refractivity contribution in [3.05, 3.63) is 52.1 Å². The summed E-state index contributed by atoms with van der Waals surface area (Å²) < 4.78 is 1.81. The summed E-state index contributed by atoms with van der Waals surface area (Å²) in [5.41, 5.74) is 3.61. The molecule has 0 saturated carbocycles. The minimum atomic E-state index is -0.915. The van der Waals surface area contributed by atoms with Gasteiger partial charge < -0.3 is 5.11 Å². The van der Waals surface area contributed by atoms with E-state index in [1.165, 1.54) is 0 Å². The molecule has 3 aromatic rings. The highest BCUT2D eigenvalue weighted by molar-refractivity contribution is 7.99. The quantitative estimate of drug-likeness (QED) is 0.641. The zero-order valence-corrected chi connectivity index (χ0v) is 15.2. The molecule has 0 bridgehead atoms. The fourth-order valence-corrected chi connectivity index (χ4v) is 3.41. The molecule has 0 unspecified atom stereocenters. The fraction of sp³-hybridized carbons (Fsp3) is 0.250. The van der Waals surface area contributed by atoms with Gasteiger partial charge in [-0.2, -0.15) is 5.10 Å². The SMILES string of the molecule is Cc1n[nH]c(C)c1Cc1nnc(SCC(=O)O)n1-c1ccccc1Cl. The first-order valence-electron chi connectivity index (χ1n) is 7.51. The second kappa shape index (κ2) is 7.28. The van der Waals surface area contributed by atoms with Crippen LogP contribution in [0.2, 0.25) is 5.02 Å². The van der Waals surface area contributed by atoms with Gasteiger partial charge in [-0.3, -0.25) is 14.5 Å². The number of hydrogen-bond donors (Lipinski definition) is 2. The predicted molar refractivity (Wildman–Crippen MR) is 95.6 cm³/mol. The van der Waals surface area contributed by atoms with E-state index in [0.29, 0.717) is 22.4 Å². The molecule has 0 saturated heterocycles. The Morgan fingerprint density at radius 2 is 2.08 bits per heavy atom. The van der Waals surface area contributed by atoms with Crippen LogP contribution in [0.25, 0.3) is 5.69 Å². The fourth-order valence-electron chi connectivity index (χ4n) is 2.50. The zero-order chi connectivity index (χ0) is 18.0. The van der Waals surface area contributed by atoms with E-state index in [-0.39, 0.29) is 5.75 Å². The number of aliphatic carboxylic acids is 1. The summed E-state index contributed by atoms with van der Waals surface area (Å²) in [4.78, 5) is 10.9. The lowest BCUT2D eigenvalue weighted by molar-refractivity contribution is -0.133. The highest BCUT2D eigenvalue weighted by Crippen LogP contribution is 2.28. The molecule has 1 aromatic carbocycles. The van der Waals surface area contributed by atoms with E-state index in [1.807, 2.05) is 36.6 Å². The Bertz CT molecular complexity index is 902. The van der Waals surface area contributed by atoms with Crippen molar-refractivity contribution in [3.63, 3.8) is 0 Å². The van der Waals surface area contributed by atoms with E-state index < -0.39 is 5.97 Å². The van der Waals surface area contributed by atoms with Gasteiger partial charge in [0.1, 0.15) is 5.82 Å². The number of thioether (sulfide) groups is 1. The molecular weight excluding hydrogens is 362 g/mol. The molecule has 0 spiro atoms. The molecule has 0 aliphatic carbocycles. The Balaban J connectivity index is 2.06. The molecule has 9 heteroatoms. The first kappa shape index (κ1) is 17.5. The molecule has 3 rings (SSSR count). The van der Waals surface area contributed by atoms with Gasteiger partial charge in [-0.1, -0.05) is 35.5 Å². The number of nitrogens with one attached hydrogen (secondary N) is 1. The van der Waals surface area contributed by atoms with Crippen molar-refractivity contribution >= 4 is 29.3 Å². The lowest BCUT2D eigenvalue weighted by Gasteiger charge is -2.11. The van der Waals surface area contributed by atoms with Crippen LogP contribution in [0.1, 0.15) is 22.8 Å². The smallest absolute Gasteiger partial charge is 0.313 e. The molecule has 2 aromatic heterocycles. The number of hydrogen-bond acceptors (Lipinski definition) is 5. The van der Waals surface area contributed by atoms with Crippen molar-refractivity contribution in [2.45, 2.75) is 25.4 Å². The first-order chi connectivity index (χ1) is 12.0. The monoisotopic (exact) mass is 377 g/mol. The maximum absolute atomic E-state index is 10.9. The van der Waals surface area contributed by atoms with Crippen LogP contribution in [0.4, 0.5) is 0 Å². The van der Waals surface area contributed by atoms with Crippen LogP contribution >= 0.6 is 23.4 Å². The van der Waals surface area contributed by atoms with Crippen LogP contribution in [0.5, 0.6) is 0 Å². The summed E-state index contributed by atoms with van der Waals surface area (Å²) >= 11 is 7.45. The van der Waals surface area contributed by atoms with Crippen LogP contribution in [0.3, 0.4) is 0 Å².